The topological polar surface area (TPSA) is 77.1 Å². The highest BCUT2D eigenvalue weighted by molar-refractivity contribution is 7.10. The van der Waals surface area contributed by atoms with Crippen LogP contribution in [0.15, 0.2) is 60.0 Å². The minimum absolute atomic E-state index is 0.0822. The molecule has 1 aliphatic rings. The summed E-state index contributed by atoms with van der Waals surface area (Å²) in [5, 5.41) is 5.09. The van der Waals surface area contributed by atoms with E-state index in [0.29, 0.717) is 31.7 Å². The molecule has 2 heterocycles. The van der Waals surface area contributed by atoms with Crippen LogP contribution in [0, 0.1) is 0 Å². The number of carbonyl (C=O) groups is 2. The number of nitrogens with zero attached hydrogens (tertiary/aromatic N) is 1. The summed E-state index contributed by atoms with van der Waals surface area (Å²) in [5.74, 6) is 0.745. The van der Waals surface area contributed by atoms with E-state index in [0.717, 1.165) is 27.5 Å². The summed E-state index contributed by atoms with van der Waals surface area (Å²) < 4.78 is 16.1. The van der Waals surface area contributed by atoms with Crippen LogP contribution in [0.25, 0.3) is 0 Å². The van der Waals surface area contributed by atoms with Crippen molar-refractivity contribution in [3.05, 3.63) is 81.5 Å². The van der Waals surface area contributed by atoms with Crippen LogP contribution in [0.2, 0.25) is 0 Å². The van der Waals surface area contributed by atoms with Gasteiger partial charge in [-0.05, 0) is 53.3 Å². The Morgan fingerprint density at radius 3 is 2.60 bits per heavy atom. The molecule has 0 unspecified atom stereocenters. The lowest BCUT2D eigenvalue weighted by Gasteiger charge is -2.41. The molecular weight excluding hydrogens is 464 g/mol. The summed E-state index contributed by atoms with van der Waals surface area (Å²) in [6.07, 6.45) is 0.580. The number of thiophene rings is 1. The van der Waals surface area contributed by atoms with E-state index in [9.17, 15) is 9.59 Å². The van der Waals surface area contributed by atoms with Gasteiger partial charge in [0.05, 0.1) is 32.8 Å². The zero-order valence-corrected chi connectivity index (χ0v) is 21.0. The van der Waals surface area contributed by atoms with Crippen LogP contribution in [-0.2, 0) is 16.0 Å². The highest BCUT2D eigenvalue weighted by Crippen LogP contribution is 2.44. The standard InChI is InChI=1S/C27H30N2O5S/c1-32-15-14-29-25(23-9-6-16-35-23)24(20-7-4-5-8-21(20)27(29)31)26(30)28-13-12-18-17-19(33-2)10-11-22(18)34-3/h4-11,16-17,24-25H,12-15H2,1-3H3,(H,28,30)/t24-,25-/m0/s1. The molecule has 2 atom stereocenters. The number of nitrogens with one attached hydrogen (secondary N) is 1. The predicted octanol–water partition coefficient (Wildman–Crippen LogP) is 4.05. The third kappa shape index (κ3) is 5.18. The van der Waals surface area contributed by atoms with Gasteiger partial charge in [0.25, 0.3) is 5.91 Å². The average Bonchev–Trinajstić information content (AvgIpc) is 3.42. The molecule has 3 aromatic rings. The van der Waals surface area contributed by atoms with E-state index in [1.54, 1.807) is 43.6 Å². The van der Waals surface area contributed by atoms with E-state index in [4.69, 9.17) is 14.2 Å². The molecular formula is C27H30N2O5S. The average molecular weight is 495 g/mol. The zero-order chi connectivity index (χ0) is 24.8. The molecule has 0 spiro atoms. The van der Waals surface area contributed by atoms with Crippen LogP contribution in [0.1, 0.15) is 38.3 Å². The molecule has 0 saturated heterocycles. The second-order valence-electron chi connectivity index (χ2n) is 8.24. The fraction of sp³-hybridized carbons (Fsp3) is 0.333. The normalized spacial score (nSPS) is 17.1. The Morgan fingerprint density at radius 2 is 1.89 bits per heavy atom. The summed E-state index contributed by atoms with van der Waals surface area (Å²) in [4.78, 5) is 29.9. The quantitative estimate of drug-likeness (QED) is 0.460. The summed E-state index contributed by atoms with van der Waals surface area (Å²) in [6.45, 7) is 1.21. The number of methoxy groups -OCH3 is 3. The molecule has 1 N–H and O–H groups in total. The zero-order valence-electron chi connectivity index (χ0n) is 20.2. The largest absolute Gasteiger partial charge is 0.497 e. The van der Waals surface area contributed by atoms with Gasteiger partial charge >= 0.3 is 0 Å². The number of benzene rings is 2. The minimum atomic E-state index is -0.536. The molecule has 0 bridgehead atoms. The molecule has 0 radical (unpaired) electrons. The van der Waals surface area contributed by atoms with Crippen LogP contribution in [0.3, 0.4) is 0 Å². The lowest BCUT2D eigenvalue weighted by molar-refractivity contribution is -0.124. The molecule has 0 fully saturated rings. The van der Waals surface area contributed by atoms with Crippen LogP contribution >= 0.6 is 11.3 Å². The van der Waals surface area contributed by atoms with Gasteiger partial charge in [-0.3, -0.25) is 9.59 Å². The third-order valence-electron chi connectivity index (χ3n) is 6.27. The lowest BCUT2D eigenvalue weighted by atomic mass is 9.81. The number of carbonyl (C=O) groups excluding carboxylic acids is 2. The Labute approximate surface area is 209 Å². The van der Waals surface area contributed by atoms with Gasteiger partial charge in [0.15, 0.2) is 0 Å². The molecule has 0 saturated carbocycles. The van der Waals surface area contributed by atoms with Crippen molar-refractivity contribution >= 4 is 23.2 Å². The first kappa shape index (κ1) is 24.8. The Kier molecular flexibility index (Phi) is 8.05. The predicted molar refractivity (Wildman–Crippen MR) is 135 cm³/mol. The van der Waals surface area contributed by atoms with Gasteiger partial charge in [0.1, 0.15) is 11.5 Å². The molecule has 8 heteroatoms. The Bertz CT molecular complexity index is 1160. The summed E-state index contributed by atoms with van der Waals surface area (Å²) in [7, 11) is 4.86. The van der Waals surface area contributed by atoms with E-state index in [-0.39, 0.29) is 11.8 Å². The maximum atomic E-state index is 13.7. The highest BCUT2D eigenvalue weighted by atomic mass is 32.1. The number of hydrogen-bond acceptors (Lipinski definition) is 6. The van der Waals surface area contributed by atoms with Gasteiger partial charge in [-0.2, -0.15) is 0 Å². The van der Waals surface area contributed by atoms with Crippen LogP contribution in [-0.4, -0.2) is 57.7 Å². The molecule has 184 valence electrons. The minimum Gasteiger partial charge on any atom is -0.497 e. The van der Waals surface area contributed by atoms with Gasteiger partial charge in [-0.15, -0.1) is 11.3 Å². The van der Waals surface area contributed by atoms with Crippen molar-refractivity contribution in [1.82, 2.24) is 10.2 Å². The van der Waals surface area contributed by atoms with E-state index in [2.05, 4.69) is 5.32 Å². The van der Waals surface area contributed by atoms with Gasteiger partial charge in [-0.1, -0.05) is 24.3 Å². The smallest absolute Gasteiger partial charge is 0.254 e. The number of amides is 2. The van der Waals surface area contributed by atoms with Crippen LogP contribution < -0.4 is 14.8 Å². The Hall–Kier alpha value is -3.36. The van der Waals surface area contributed by atoms with E-state index >= 15 is 0 Å². The first-order valence-electron chi connectivity index (χ1n) is 11.5. The lowest BCUT2D eigenvalue weighted by Crippen LogP contribution is -2.48. The molecule has 1 aromatic heterocycles. The fourth-order valence-electron chi connectivity index (χ4n) is 4.59. The molecule has 35 heavy (non-hydrogen) atoms. The van der Waals surface area contributed by atoms with Crippen LogP contribution in [0.4, 0.5) is 0 Å². The van der Waals surface area contributed by atoms with E-state index in [1.165, 1.54) is 0 Å². The second kappa shape index (κ2) is 11.4. The molecule has 4 rings (SSSR count). The van der Waals surface area contributed by atoms with Crippen molar-refractivity contribution in [1.29, 1.82) is 0 Å². The molecule has 1 aliphatic heterocycles. The number of fused-ring (bicyclic) bond motifs is 1. The van der Waals surface area contributed by atoms with Crippen LogP contribution in [0.5, 0.6) is 11.5 Å². The highest BCUT2D eigenvalue weighted by Gasteiger charge is 2.44. The van der Waals surface area contributed by atoms with Gasteiger partial charge in [0.2, 0.25) is 5.91 Å². The SMILES string of the molecule is COCCN1C(=O)c2ccccc2[C@H](C(=O)NCCc2cc(OC)ccc2OC)[C@@H]1c1cccs1. The fourth-order valence-corrected chi connectivity index (χ4v) is 5.47. The van der Waals surface area contributed by atoms with Crippen molar-refractivity contribution in [3.63, 3.8) is 0 Å². The number of hydrogen-bond donors (Lipinski definition) is 1. The third-order valence-corrected chi connectivity index (χ3v) is 7.22. The van der Waals surface area contributed by atoms with E-state index < -0.39 is 12.0 Å². The number of ether oxygens (including phenoxy) is 3. The summed E-state index contributed by atoms with van der Waals surface area (Å²) >= 11 is 1.55. The number of rotatable bonds is 10. The van der Waals surface area contributed by atoms with E-state index in [1.807, 2.05) is 53.9 Å². The second-order valence-corrected chi connectivity index (χ2v) is 9.21. The van der Waals surface area contributed by atoms with Crippen molar-refractivity contribution in [2.24, 2.45) is 0 Å². The van der Waals surface area contributed by atoms with Gasteiger partial charge < -0.3 is 24.4 Å². The summed E-state index contributed by atoms with van der Waals surface area (Å²) in [5.41, 5.74) is 2.26. The Balaban J connectivity index is 1.62. The van der Waals surface area contributed by atoms with Crippen molar-refractivity contribution in [2.45, 2.75) is 18.4 Å². The van der Waals surface area contributed by atoms with Gasteiger partial charge in [-0.25, -0.2) is 0 Å². The van der Waals surface area contributed by atoms with Gasteiger partial charge in [0, 0.05) is 30.6 Å². The molecule has 7 nitrogen and oxygen atoms in total. The van der Waals surface area contributed by atoms with Crippen molar-refractivity contribution < 1.29 is 23.8 Å². The molecule has 2 aromatic carbocycles. The maximum Gasteiger partial charge on any atom is 0.254 e. The van der Waals surface area contributed by atoms with Crippen molar-refractivity contribution in [3.8, 4) is 11.5 Å². The summed E-state index contributed by atoms with van der Waals surface area (Å²) in [6, 6.07) is 16.5. The monoisotopic (exact) mass is 494 g/mol. The van der Waals surface area contributed by atoms with Crippen molar-refractivity contribution in [2.75, 3.05) is 41.0 Å². The Morgan fingerprint density at radius 1 is 1.06 bits per heavy atom. The molecule has 0 aliphatic carbocycles. The first-order chi connectivity index (χ1) is 17.1. The molecule has 2 amide bonds. The first-order valence-corrected chi connectivity index (χ1v) is 12.4. The maximum absolute atomic E-state index is 13.7.